The lowest BCUT2D eigenvalue weighted by molar-refractivity contribution is -0.164. The van der Waals surface area contributed by atoms with E-state index in [4.69, 9.17) is 27.9 Å². The van der Waals surface area contributed by atoms with Crippen LogP contribution >= 0.6 is 23.2 Å². The highest BCUT2D eigenvalue weighted by Crippen LogP contribution is 2.69. The van der Waals surface area contributed by atoms with E-state index in [1.165, 1.54) is 18.3 Å². The first-order valence-electron chi connectivity index (χ1n) is 9.24. The fourth-order valence-electron chi connectivity index (χ4n) is 4.62. The van der Waals surface area contributed by atoms with Crippen LogP contribution in [-0.4, -0.2) is 28.8 Å². The molecule has 0 saturated heterocycles. The summed E-state index contributed by atoms with van der Waals surface area (Å²) in [6, 6.07) is 5.76. The maximum Gasteiger partial charge on any atom is 0.258 e. The van der Waals surface area contributed by atoms with Crippen molar-refractivity contribution in [3.8, 4) is 5.75 Å². The number of hydrogen-bond acceptors (Lipinski definition) is 4. The van der Waals surface area contributed by atoms with Crippen LogP contribution in [0.5, 0.6) is 5.75 Å². The average Bonchev–Trinajstić information content (AvgIpc) is 2.59. The van der Waals surface area contributed by atoms with E-state index in [1.807, 2.05) is 6.92 Å². The molecule has 8 heteroatoms. The highest BCUT2D eigenvalue weighted by Gasteiger charge is 2.68. The van der Waals surface area contributed by atoms with Gasteiger partial charge in [-0.05, 0) is 55.4 Å². The number of carbonyl (C=O) groups is 2. The van der Waals surface area contributed by atoms with Gasteiger partial charge in [0, 0.05) is 24.2 Å². The summed E-state index contributed by atoms with van der Waals surface area (Å²) in [6.45, 7) is 1.62. The van der Waals surface area contributed by atoms with Gasteiger partial charge in [-0.15, -0.1) is 0 Å². The number of Topliss-reactive ketones (excluding diaryl/α,β-unsaturated/α-hetero) is 1. The number of ether oxygens (including phenoxy) is 1. The van der Waals surface area contributed by atoms with Gasteiger partial charge in [0.25, 0.3) is 5.91 Å². The van der Waals surface area contributed by atoms with E-state index in [1.54, 1.807) is 6.07 Å². The van der Waals surface area contributed by atoms with Gasteiger partial charge >= 0.3 is 0 Å². The molecule has 0 unspecified atom stereocenters. The SMILES string of the molecule is Cc1cc(Cl)cnc1C(=O)CC12CC(NC(=O)COc3ccc(Cl)c(F)c3)(C1)C2. The fourth-order valence-corrected chi connectivity index (χ4v) is 4.95. The van der Waals surface area contributed by atoms with E-state index < -0.39 is 5.82 Å². The number of rotatable bonds is 7. The Labute approximate surface area is 177 Å². The van der Waals surface area contributed by atoms with E-state index in [0.717, 1.165) is 30.9 Å². The molecule has 3 fully saturated rings. The van der Waals surface area contributed by atoms with Gasteiger partial charge in [0.2, 0.25) is 0 Å². The minimum atomic E-state index is -0.596. The molecule has 2 bridgehead atoms. The lowest BCUT2D eigenvalue weighted by atomic mass is 9.38. The molecule has 0 radical (unpaired) electrons. The van der Waals surface area contributed by atoms with E-state index in [2.05, 4.69) is 10.3 Å². The zero-order valence-corrected chi connectivity index (χ0v) is 17.2. The first-order valence-corrected chi connectivity index (χ1v) is 9.99. The zero-order chi connectivity index (χ0) is 20.8. The van der Waals surface area contributed by atoms with Crippen LogP contribution in [0.1, 0.15) is 41.7 Å². The van der Waals surface area contributed by atoms with Crippen molar-refractivity contribution in [1.29, 1.82) is 0 Å². The average molecular weight is 437 g/mol. The van der Waals surface area contributed by atoms with Crippen LogP contribution in [0.25, 0.3) is 0 Å². The van der Waals surface area contributed by atoms with Crippen molar-refractivity contribution < 1.29 is 18.7 Å². The number of nitrogens with one attached hydrogen (secondary N) is 1. The van der Waals surface area contributed by atoms with Gasteiger partial charge in [-0.1, -0.05) is 23.2 Å². The Hall–Kier alpha value is -2.18. The number of pyridine rings is 1. The Kier molecular flexibility index (Phi) is 5.03. The number of amides is 1. The Bertz CT molecular complexity index is 992. The minimum Gasteiger partial charge on any atom is -0.484 e. The van der Waals surface area contributed by atoms with Gasteiger partial charge in [0.1, 0.15) is 17.3 Å². The summed E-state index contributed by atoms with van der Waals surface area (Å²) in [4.78, 5) is 28.9. The van der Waals surface area contributed by atoms with E-state index in [0.29, 0.717) is 17.1 Å². The molecule has 1 aromatic carbocycles. The van der Waals surface area contributed by atoms with Gasteiger partial charge in [0.15, 0.2) is 12.4 Å². The van der Waals surface area contributed by atoms with Gasteiger partial charge in [-0.3, -0.25) is 14.6 Å². The maximum absolute atomic E-state index is 13.4. The minimum absolute atomic E-state index is 0.000456. The molecule has 0 aliphatic heterocycles. The van der Waals surface area contributed by atoms with Crippen LogP contribution in [0.4, 0.5) is 4.39 Å². The maximum atomic E-state index is 13.4. The van der Waals surface area contributed by atoms with Crippen molar-refractivity contribution in [1.82, 2.24) is 10.3 Å². The van der Waals surface area contributed by atoms with Crippen molar-refractivity contribution >= 4 is 34.9 Å². The molecule has 5 nitrogen and oxygen atoms in total. The molecule has 1 amide bonds. The van der Waals surface area contributed by atoms with Gasteiger partial charge in [-0.2, -0.15) is 0 Å². The summed E-state index contributed by atoms with van der Waals surface area (Å²) in [7, 11) is 0. The van der Waals surface area contributed by atoms with Gasteiger partial charge in [-0.25, -0.2) is 4.39 Å². The second-order valence-electron chi connectivity index (χ2n) is 8.14. The number of hydrogen-bond donors (Lipinski definition) is 1. The molecule has 1 heterocycles. The predicted molar refractivity (Wildman–Crippen MR) is 107 cm³/mol. The van der Waals surface area contributed by atoms with Crippen molar-refractivity contribution in [2.45, 2.75) is 38.1 Å². The number of carbonyl (C=O) groups excluding carboxylic acids is 2. The molecule has 3 saturated carbocycles. The van der Waals surface area contributed by atoms with Crippen LogP contribution in [0.2, 0.25) is 10.0 Å². The summed E-state index contributed by atoms with van der Waals surface area (Å²) >= 11 is 11.5. The molecule has 0 atom stereocenters. The molecule has 29 heavy (non-hydrogen) atoms. The van der Waals surface area contributed by atoms with Crippen LogP contribution < -0.4 is 10.1 Å². The number of aromatic nitrogens is 1. The van der Waals surface area contributed by atoms with Crippen LogP contribution in [0, 0.1) is 18.2 Å². The third kappa shape index (κ3) is 3.96. The van der Waals surface area contributed by atoms with Gasteiger partial charge in [0.05, 0.1) is 10.0 Å². The molecule has 5 rings (SSSR count). The van der Waals surface area contributed by atoms with Gasteiger partial charge < -0.3 is 10.1 Å². The molecule has 152 valence electrons. The summed E-state index contributed by atoms with van der Waals surface area (Å²) in [5, 5.41) is 3.49. The predicted octanol–water partition coefficient (Wildman–Crippen LogP) is 4.53. The quantitative estimate of drug-likeness (QED) is 0.647. The molecule has 0 spiro atoms. The second kappa shape index (κ2) is 7.26. The summed E-state index contributed by atoms with van der Waals surface area (Å²) in [5.41, 5.74) is 0.918. The standard InChI is InChI=1S/C21H19Cl2FN2O3/c1-12-4-13(22)7-25-19(12)17(27)6-20-9-21(10-20,11-20)26-18(28)8-29-14-2-3-15(23)16(24)5-14/h2-5,7H,6,8-11H2,1H3,(H,26,28). The van der Waals surface area contributed by atoms with Crippen molar-refractivity contribution in [2.75, 3.05) is 6.61 Å². The number of ketones is 1. The zero-order valence-electron chi connectivity index (χ0n) is 15.7. The molecular weight excluding hydrogens is 418 g/mol. The number of nitrogens with zero attached hydrogens (tertiary/aromatic N) is 1. The number of halogens is 3. The van der Waals surface area contributed by atoms with E-state index in [-0.39, 0.29) is 40.0 Å². The lowest BCUT2D eigenvalue weighted by Crippen LogP contribution is -2.75. The molecule has 3 aliphatic rings. The van der Waals surface area contributed by atoms with Crippen LogP contribution in [0.3, 0.4) is 0 Å². The largest absolute Gasteiger partial charge is 0.484 e. The highest BCUT2D eigenvalue weighted by atomic mass is 35.5. The molecule has 3 aliphatic carbocycles. The summed E-state index contributed by atoms with van der Waals surface area (Å²) < 4.78 is 18.7. The first kappa shape index (κ1) is 20.1. The number of aryl methyl sites for hydroxylation is 1. The molecular formula is C21H19Cl2FN2O3. The van der Waals surface area contributed by atoms with E-state index in [9.17, 15) is 14.0 Å². The molecule has 1 aromatic heterocycles. The Morgan fingerprint density at radius 1 is 1.24 bits per heavy atom. The number of benzene rings is 1. The third-order valence-electron chi connectivity index (χ3n) is 5.65. The summed E-state index contributed by atoms with van der Waals surface area (Å²) in [5.74, 6) is -0.615. The Balaban J connectivity index is 1.26. The summed E-state index contributed by atoms with van der Waals surface area (Å²) in [6.07, 6.45) is 4.19. The fraction of sp³-hybridized carbons (Fsp3) is 0.381. The molecule has 1 N–H and O–H groups in total. The third-order valence-corrected chi connectivity index (χ3v) is 6.16. The normalized spacial score (nSPS) is 24.3. The second-order valence-corrected chi connectivity index (χ2v) is 8.99. The Morgan fingerprint density at radius 3 is 2.62 bits per heavy atom. The monoisotopic (exact) mass is 436 g/mol. The van der Waals surface area contributed by atoms with E-state index >= 15 is 0 Å². The Morgan fingerprint density at radius 2 is 1.97 bits per heavy atom. The lowest BCUT2D eigenvalue weighted by Gasteiger charge is -2.70. The smallest absolute Gasteiger partial charge is 0.258 e. The van der Waals surface area contributed by atoms with Crippen molar-refractivity contribution in [2.24, 2.45) is 5.41 Å². The van der Waals surface area contributed by atoms with Crippen molar-refractivity contribution in [3.05, 3.63) is 57.6 Å². The first-order chi connectivity index (χ1) is 13.7. The topological polar surface area (TPSA) is 68.3 Å². The van der Waals surface area contributed by atoms with Crippen LogP contribution in [-0.2, 0) is 4.79 Å². The van der Waals surface area contributed by atoms with Crippen molar-refractivity contribution in [3.63, 3.8) is 0 Å². The van der Waals surface area contributed by atoms with Crippen LogP contribution in [0.15, 0.2) is 30.5 Å². The highest BCUT2D eigenvalue weighted by molar-refractivity contribution is 6.31. The molecule has 2 aromatic rings.